The van der Waals surface area contributed by atoms with E-state index in [4.69, 9.17) is 0 Å². The average molecular weight is 304 g/mol. The molecule has 1 heterocycles. The van der Waals surface area contributed by atoms with Crippen molar-refractivity contribution in [1.29, 1.82) is 0 Å². The van der Waals surface area contributed by atoms with Gasteiger partial charge >= 0.3 is 0 Å². The van der Waals surface area contributed by atoms with Gasteiger partial charge in [0.1, 0.15) is 6.33 Å². The number of benzene rings is 1. The SMILES string of the molecule is CNC(=O)[C@H](Cc1ccccc1)Sc1nncn1C(C)C. The highest BCUT2D eigenvalue weighted by Gasteiger charge is 2.22. The van der Waals surface area contributed by atoms with Crippen LogP contribution in [0.25, 0.3) is 0 Å². The van der Waals surface area contributed by atoms with Crippen LogP contribution in [-0.2, 0) is 11.2 Å². The molecule has 0 saturated heterocycles. The third-order valence-electron chi connectivity index (χ3n) is 3.15. The first-order chi connectivity index (χ1) is 10.1. The molecular formula is C15H20N4OS. The summed E-state index contributed by atoms with van der Waals surface area (Å²) in [7, 11) is 1.66. The number of carbonyl (C=O) groups excluding carboxylic acids is 1. The smallest absolute Gasteiger partial charge is 0.233 e. The van der Waals surface area contributed by atoms with Crippen LogP contribution in [0.5, 0.6) is 0 Å². The molecule has 0 unspecified atom stereocenters. The summed E-state index contributed by atoms with van der Waals surface area (Å²) in [6.45, 7) is 4.14. The molecule has 2 rings (SSSR count). The van der Waals surface area contributed by atoms with Gasteiger partial charge in [-0.1, -0.05) is 42.1 Å². The molecule has 5 nitrogen and oxygen atoms in total. The fraction of sp³-hybridized carbons (Fsp3) is 0.400. The molecule has 0 saturated carbocycles. The van der Waals surface area contributed by atoms with E-state index in [0.29, 0.717) is 6.42 Å². The van der Waals surface area contributed by atoms with E-state index in [0.717, 1.165) is 10.7 Å². The van der Waals surface area contributed by atoms with Crippen molar-refractivity contribution in [2.75, 3.05) is 7.05 Å². The first kappa shape index (κ1) is 15.6. The zero-order valence-electron chi connectivity index (χ0n) is 12.5. The van der Waals surface area contributed by atoms with Crippen molar-refractivity contribution in [2.45, 2.75) is 36.7 Å². The number of carbonyl (C=O) groups is 1. The van der Waals surface area contributed by atoms with Gasteiger partial charge in [0.15, 0.2) is 5.16 Å². The van der Waals surface area contributed by atoms with E-state index in [1.807, 2.05) is 34.9 Å². The van der Waals surface area contributed by atoms with Crippen molar-refractivity contribution >= 4 is 17.7 Å². The van der Waals surface area contributed by atoms with Crippen LogP contribution in [0.3, 0.4) is 0 Å². The van der Waals surface area contributed by atoms with Gasteiger partial charge in [0.25, 0.3) is 0 Å². The van der Waals surface area contributed by atoms with Crippen LogP contribution in [0, 0.1) is 0 Å². The standard InChI is InChI=1S/C15H20N4OS/c1-11(2)19-10-17-18-15(19)21-13(14(20)16-3)9-12-7-5-4-6-8-12/h4-8,10-11,13H,9H2,1-3H3,(H,16,20)/t13-/m0/s1. The second-order valence-electron chi connectivity index (χ2n) is 5.02. The highest BCUT2D eigenvalue weighted by Crippen LogP contribution is 2.26. The number of rotatable bonds is 6. The lowest BCUT2D eigenvalue weighted by molar-refractivity contribution is -0.120. The van der Waals surface area contributed by atoms with Crippen molar-refractivity contribution in [3.05, 3.63) is 42.2 Å². The molecule has 1 aromatic heterocycles. The molecule has 0 radical (unpaired) electrons. The number of amides is 1. The molecule has 1 atom stereocenters. The maximum atomic E-state index is 12.1. The van der Waals surface area contributed by atoms with E-state index in [2.05, 4.69) is 29.4 Å². The monoisotopic (exact) mass is 304 g/mol. The Bertz CT molecular complexity index is 582. The molecule has 6 heteroatoms. The molecule has 2 aromatic rings. The number of hydrogen-bond donors (Lipinski definition) is 1. The summed E-state index contributed by atoms with van der Waals surface area (Å²) in [5.41, 5.74) is 1.13. The first-order valence-electron chi connectivity index (χ1n) is 6.93. The van der Waals surface area contributed by atoms with Crippen LogP contribution >= 0.6 is 11.8 Å². The molecule has 0 aliphatic rings. The van der Waals surface area contributed by atoms with Gasteiger partial charge in [-0.15, -0.1) is 10.2 Å². The Morgan fingerprint density at radius 1 is 1.33 bits per heavy atom. The zero-order valence-corrected chi connectivity index (χ0v) is 13.3. The van der Waals surface area contributed by atoms with E-state index in [-0.39, 0.29) is 17.2 Å². The topological polar surface area (TPSA) is 59.8 Å². The lowest BCUT2D eigenvalue weighted by Crippen LogP contribution is -2.31. The van der Waals surface area contributed by atoms with E-state index in [1.165, 1.54) is 11.8 Å². The number of aromatic nitrogens is 3. The molecule has 1 amide bonds. The number of nitrogens with one attached hydrogen (secondary N) is 1. The van der Waals surface area contributed by atoms with Crippen LogP contribution in [0.15, 0.2) is 41.8 Å². The van der Waals surface area contributed by atoms with Gasteiger partial charge in [-0.2, -0.15) is 0 Å². The summed E-state index contributed by atoms with van der Waals surface area (Å²) in [5, 5.41) is 11.4. The molecule has 0 fully saturated rings. The van der Waals surface area contributed by atoms with Crippen LogP contribution in [-0.4, -0.2) is 33.0 Å². The first-order valence-corrected chi connectivity index (χ1v) is 7.81. The Balaban J connectivity index is 2.17. The molecule has 0 spiro atoms. The zero-order chi connectivity index (χ0) is 15.2. The van der Waals surface area contributed by atoms with Gasteiger partial charge < -0.3 is 9.88 Å². The molecule has 0 bridgehead atoms. The number of nitrogens with zero attached hydrogens (tertiary/aromatic N) is 3. The fourth-order valence-corrected chi connectivity index (χ4v) is 3.20. The summed E-state index contributed by atoms with van der Waals surface area (Å²) in [6, 6.07) is 10.3. The van der Waals surface area contributed by atoms with E-state index in [9.17, 15) is 4.79 Å². The van der Waals surface area contributed by atoms with Crippen molar-refractivity contribution in [1.82, 2.24) is 20.1 Å². The van der Waals surface area contributed by atoms with Crippen LogP contribution < -0.4 is 5.32 Å². The van der Waals surface area contributed by atoms with Gasteiger partial charge in [0.2, 0.25) is 5.91 Å². The lowest BCUT2D eigenvalue weighted by atomic mass is 10.1. The third-order valence-corrected chi connectivity index (χ3v) is 4.32. The second-order valence-corrected chi connectivity index (χ2v) is 6.19. The predicted octanol–water partition coefficient (Wildman–Crippen LogP) is 2.31. The Morgan fingerprint density at radius 2 is 2.05 bits per heavy atom. The Morgan fingerprint density at radius 3 is 2.67 bits per heavy atom. The second kappa shape index (κ2) is 7.26. The van der Waals surface area contributed by atoms with Crippen molar-refractivity contribution in [3.8, 4) is 0 Å². The van der Waals surface area contributed by atoms with Crippen molar-refractivity contribution in [2.24, 2.45) is 0 Å². The molecule has 21 heavy (non-hydrogen) atoms. The van der Waals surface area contributed by atoms with E-state index < -0.39 is 0 Å². The van der Waals surface area contributed by atoms with Gasteiger partial charge in [0, 0.05) is 13.1 Å². The summed E-state index contributed by atoms with van der Waals surface area (Å²) >= 11 is 1.46. The van der Waals surface area contributed by atoms with Crippen LogP contribution in [0.2, 0.25) is 0 Å². The Hall–Kier alpha value is -1.82. The van der Waals surface area contributed by atoms with Gasteiger partial charge in [0.05, 0.1) is 5.25 Å². The number of thioether (sulfide) groups is 1. The maximum Gasteiger partial charge on any atom is 0.233 e. The highest BCUT2D eigenvalue weighted by molar-refractivity contribution is 8.00. The largest absolute Gasteiger partial charge is 0.358 e. The maximum absolute atomic E-state index is 12.1. The van der Waals surface area contributed by atoms with Crippen LogP contribution in [0.4, 0.5) is 0 Å². The Labute approximate surface area is 129 Å². The van der Waals surface area contributed by atoms with Crippen LogP contribution in [0.1, 0.15) is 25.5 Å². The molecule has 0 aliphatic carbocycles. The summed E-state index contributed by atoms with van der Waals surface area (Å²) in [4.78, 5) is 12.1. The van der Waals surface area contributed by atoms with Gasteiger partial charge in [-0.05, 0) is 25.8 Å². The Kier molecular flexibility index (Phi) is 5.38. The molecule has 112 valence electrons. The minimum absolute atomic E-state index is 0.00200. The minimum atomic E-state index is -0.223. The number of hydrogen-bond acceptors (Lipinski definition) is 4. The quantitative estimate of drug-likeness (QED) is 0.832. The van der Waals surface area contributed by atoms with E-state index in [1.54, 1.807) is 13.4 Å². The molecule has 1 aromatic carbocycles. The lowest BCUT2D eigenvalue weighted by Gasteiger charge is -2.16. The van der Waals surface area contributed by atoms with Gasteiger partial charge in [-0.3, -0.25) is 4.79 Å². The average Bonchev–Trinajstić information content (AvgIpc) is 2.95. The van der Waals surface area contributed by atoms with Gasteiger partial charge in [-0.25, -0.2) is 0 Å². The van der Waals surface area contributed by atoms with Crippen molar-refractivity contribution in [3.63, 3.8) is 0 Å². The molecular weight excluding hydrogens is 284 g/mol. The fourth-order valence-electron chi connectivity index (χ4n) is 1.97. The normalized spacial score (nSPS) is 12.4. The predicted molar refractivity (Wildman–Crippen MR) is 84.3 cm³/mol. The summed E-state index contributed by atoms with van der Waals surface area (Å²) in [5.74, 6) is 0.00200. The third kappa shape index (κ3) is 4.07. The summed E-state index contributed by atoms with van der Waals surface area (Å²) in [6.07, 6.45) is 2.37. The molecule has 0 aliphatic heterocycles. The minimum Gasteiger partial charge on any atom is -0.358 e. The van der Waals surface area contributed by atoms with Crippen molar-refractivity contribution < 1.29 is 4.79 Å². The molecule has 1 N–H and O–H groups in total. The summed E-state index contributed by atoms with van der Waals surface area (Å²) < 4.78 is 1.98. The highest BCUT2D eigenvalue weighted by atomic mass is 32.2. The van der Waals surface area contributed by atoms with E-state index >= 15 is 0 Å².